The average Bonchev–Trinajstić information content (AvgIpc) is 2.30. The molecule has 3 nitrogen and oxygen atoms in total. The lowest BCUT2D eigenvalue weighted by Gasteiger charge is -2.30. The van der Waals surface area contributed by atoms with Crippen LogP contribution < -0.4 is 4.90 Å². The van der Waals surface area contributed by atoms with Crippen LogP contribution in [0.1, 0.15) is 12.8 Å². The van der Waals surface area contributed by atoms with Gasteiger partial charge in [-0.2, -0.15) is 0 Å². The van der Waals surface area contributed by atoms with Crippen LogP contribution in [0.5, 0.6) is 0 Å². The Morgan fingerprint density at radius 2 is 1.93 bits per heavy atom. The summed E-state index contributed by atoms with van der Waals surface area (Å²) in [5, 5.41) is 1.12. The molecule has 5 heteroatoms. The third-order valence-electron chi connectivity index (χ3n) is 2.72. The molecule has 1 aliphatic heterocycles. The number of nitrogens with zero attached hydrogens (tertiary/aromatic N) is 3. The van der Waals surface area contributed by atoms with Crippen LogP contribution in [0.15, 0.2) is 12.4 Å². The van der Waals surface area contributed by atoms with E-state index >= 15 is 0 Å². The summed E-state index contributed by atoms with van der Waals surface area (Å²) in [7, 11) is 0. The van der Waals surface area contributed by atoms with E-state index in [9.17, 15) is 0 Å². The minimum absolute atomic E-state index is 0.824. The molecule has 15 heavy (non-hydrogen) atoms. The molecule has 0 aromatic carbocycles. The first-order valence-corrected chi connectivity index (χ1v) is 7.28. The summed E-state index contributed by atoms with van der Waals surface area (Å²) in [4.78, 5) is 11.0. The summed E-state index contributed by atoms with van der Waals surface area (Å²) >= 11 is 5.77. The number of aromatic nitrogens is 2. The lowest BCUT2D eigenvalue weighted by atomic mass is 9.99. The Balaban J connectivity index is 1.98. The predicted octanol–water partition coefficient (Wildman–Crippen LogP) is 2.69. The number of hydrogen-bond donors (Lipinski definition) is 0. The number of hydrogen-bond acceptors (Lipinski definition) is 3. The van der Waals surface area contributed by atoms with Gasteiger partial charge in [-0.3, -0.25) is 0 Å². The highest BCUT2D eigenvalue weighted by atomic mass is 127. The summed E-state index contributed by atoms with van der Waals surface area (Å²) in [6.45, 7) is 2.16. The van der Waals surface area contributed by atoms with Crippen LogP contribution in [0.3, 0.4) is 0 Å². The van der Waals surface area contributed by atoms with Crippen molar-refractivity contribution in [2.75, 3.05) is 23.3 Å². The Hall–Kier alpha value is 0.0900. The first kappa shape index (κ1) is 11.6. The Labute approximate surface area is 112 Å². The fourth-order valence-corrected chi connectivity index (χ4v) is 2.68. The molecule has 0 radical (unpaired) electrons. The Morgan fingerprint density at radius 3 is 2.47 bits per heavy atom. The Bertz CT molecular complexity index is 309. The Kier molecular flexibility index (Phi) is 4.19. The van der Waals surface area contributed by atoms with E-state index in [0.29, 0.717) is 0 Å². The zero-order valence-corrected chi connectivity index (χ0v) is 12.1. The second-order valence-corrected chi connectivity index (χ2v) is 5.68. The lowest BCUT2D eigenvalue weighted by molar-refractivity contribution is 0.443. The molecule has 2 heterocycles. The van der Waals surface area contributed by atoms with E-state index in [1.54, 1.807) is 0 Å². The standard InChI is InChI=1S/C10H13BrIN3/c11-5-8-1-3-15(4-2-8)10-13-6-9(12)7-14-10/h6-8H,1-5H2. The molecule has 0 spiro atoms. The monoisotopic (exact) mass is 381 g/mol. The third-order valence-corrected chi connectivity index (χ3v) is 4.20. The second kappa shape index (κ2) is 5.43. The number of alkyl halides is 1. The van der Waals surface area contributed by atoms with Gasteiger partial charge in [-0.25, -0.2) is 9.97 Å². The van der Waals surface area contributed by atoms with Crippen molar-refractivity contribution in [3.63, 3.8) is 0 Å². The molecule has 0 saturated carbocycles. The molecule has 1 aromatic heterocycles. The molecule has 0 unspecified atom stereocenters. The molecule has 0 amide bonds. The van der Waals surface area contributed by atoms with E-state index in [-0.39, 0.29) is 0 Å². The quantitative estimate of drug-likeness (QED) is 0.582. The smallest absolute Gasteiger partial charge is 0.225 e. The lowest BCUT2D eigenvalue weighted by Crippen LogP contribution is -2.35. The van der Waals surface area contributed by atoms with E-state index in [1.807, 2.05) is 12.4 Å². The van der Waals surface area contributed by atoms with Gasteiger partial charge in [0.15, 0.2) is 0 Å². The average molecular weight is 382 g/mol. The minimum atomic E-state index is 0.824. The summed E-state index contributed by atoms with van der Waals surface area (Å²) in [5.41, 5.74) is 0. The van der Waals surface area contributed by atoms with Gasteiger partial charge in [-0.05, 0) is 41.4 Å². The fraction of sp³-hybridized carbons (Fsp3) is 0.600. The third kappa shape index (κ3) is 3.03. The van der Waals surface area contributed by atoms with Crippen molar-refractivity contribution in [2.24, 2.45) is 5.92 Å². The normalized spacial score (nSPS) is 18.1. The molecule has 1 fully saturated rings. The van der Waals surface area contributed by atoms with Crippen LogP contribution in [-0.2, 0) is 0 Å². The van der Waals surface area contributed by atoms with Crippen molar-refractivity contribution in [1.82, 2.24) is 9.97 Å². The van der Waals surface area contributed by atoms with Gasteiger partial charge in [-0.1, -0.05) is 15.9 Å². The van der Waals surface area contributed by atoms with Crippen LogP contribution in [-0.4, -0.2) is 28.4 Å². The fourth-order valence-electron chi connectivity index (χ4n) is 1.76. The van der Waals surface area contributed by atoms with Crippen LogP contribution in [0.4, 0.5) is 5.95 Å². The van der Waals surface area contributed by atoms with E-state index in [2.05, 4.69) is 53.4 Å². The highest BCUT2D eigenvalue weighted by Crippen LogP contribution is 2.21. The molecular formula is C10H13BrIN3. The first-order chi connectivity index (χ1) is 7.29. The maximum absolute atomic E-state index is 4.35. The van der Waals surface area contributed by atoms with Gasteiger partial charge in [0.2, 0.25) is 5.95 Å². The summed E-state index contributed by atoms with van der Waals surface area (Å²) in [6, 6.07) is 0. The van der Waals surface area contributed by atoms with Crippen LogP contribution in [0, 0.1) is 9.49 Å². The van der Waals surface area contributed by atoms with Gasteiger partial charge < -0.3 is 4.90 Å². The molecular weight excluding hydrogens is 369 g/mol. The summed E-state index contributed by atoms with van der Waals surface area (Å²) < 4.78 is 1.09. The first-order valence-electron chi connectivity index (χ1n) is 5.08. The zero-order chi connectivity index (χ0) is 10.7. The van der Waals surface area contributed by atoms with Crippen molar-refractivity contribution in [3.05, 3.63) is 16.0 Å². The molecule has 82 valence electrons. The predicted molar refractivity (Wildman–Crippen MR) is 73.5 cm³/mol. The van der Waals surface area contributed by atoms with Crippen LogP contribution in [0.25, 0.3) is 0 Å². The van der Waals surface area contributed by atoms with Crippen molar-refractivity contribution in [2.45, 2.75) is 12.8 Å². The number of piperidine rings is 1. The van der Waals surface area contributed by atoms with E-state index < -0.39 is 0 Å². The van der Waals surface area contributed by atoms with Crippen molar-refractivity contribution in [3.8, 4) is 0 Å². The highest BCUT2D eigenvalue weighted by molar-refractivity contribution is 14.1. The summed E-state index contributed by atoms with van der Waals surface area (Å²) in [5.74, 6) is 1.70. The zero-order valence-electron chi connectivity index (χ0n) is 8.37. The molecule has 1 saturated heterocycles. The van der Waals surface area contributed by atoms with Crippen molar-refractivity contribution >= 4 is 44.5 Å². The van der Waals surface area contributed by atoms with E-state index in [0.717, 1.165) is 33.9 Å². The molecule has 0 N–H and O–H groups in total. The van der Waals surface area contributed by atoms with E-state index in [4.69, 9.17) is 0 Å². The van der Waals surface area contributed by atoms with Gasteiger partial charge >= 0.3 is 0 Å². The molecule has 0 aliphatic carbocycles. The van der Waals surface area contributed by atoms with E-state index in [1.165, 1.54) is 12.8 Å². The SMILES string of the molecule is BrCC1CCN(c2ncc(I)cn2)CC1. The van der Waals surface area contributed by atoms with Crippen LogP contribution >= 0.6 is 38.5 Å². The van der Waals surface area contributed by atoms with Gasteiger partial charge in [0, 0.05) is 34.4 Å². The van der Waals surface area contributed by atoms with Gasteiger partial charge in [0.1, 0.15) is 0 Å². The topological polar surface area (TPSA) is 29.0 Å². The molecule has 1 aliphatic rings. The largest absolute Gasteiger partial charge is 0.341 e. The molecule has 0 atom stereocenters. The molecule has 1 aromatic rings. The Morgan fingerprint density at radius 1 is 1.33 bits per heavy atom. The maximum Gasteiger partial charge on any atom is 0.225 e. The van der Waals surface area contributed by atoms with Crippen molar-refractivity contribution in [1.29, 1.82) is 0 Å². The number of halogens is 2. The van der Waals surface area contributed by atoms with Crippen molar-refractivity contribution < 1.29 is 0 Å². The maximum atomic E-state index is 4.35. The molecule has 0 bridgehead atoms. The van der Waals surface area contributed by atoms with Gasteiger partial charge in [-0.15, -0.1) is 0 Å². The van der Waals surface area contributed by atoms with Gasteiger partial charge in [0.05, 0.1) is 0 Å². The summed E-state index contributed by atoms with van der Waals surface area (Å²) in [6.07, 6.45) is 6.22. The van der Waals surface area contributed by atoms with Gasteiger partial charge in [0.25, 0.3) is 0 Å². The van der Waals surface area contributed by atoms with Crippen LogP contribution in [0.2, 0.25) is 0 Å². The highest BCUT2D eigenvalue weighted by Gasteiger charge is 2.19. The number of anilines is 1. The minimum Gasteiger partial charge on any atom is -0.341 e. The number of rotatable bonds is 2. The second-order valence-electron chi connectivity index (χ2n) is 3.79. The molecule has 2 rings (SSSR count).